The van der Waals surface area contributed by atoms with Gasteiger partial charge < -0.3 is 0 Å². The molecule has 0 aromatic heterocycles. The van der Waals surface area contributed by atoms with Crippen LogP contribution in [-0.2, 0) is 0 Å². The molecule has 0 spiro atoms. The van der Waals surface area contributed by atoms with E-state index in [-0.39, 0.29) is 0 Å². The summed E-state index contributed by atoms with van der Waals surface area (Å²) in [7, 11) is 0. The van der Waals surface area contributed by atoms with Gasteiger partial charge >= 0.3 is 0 Å². The fraction of sp³-hybridized carbons (Fsp3) is 0.636. The molecule has 0 bridgehead atoms. The minimum atomic E-state index is 0.566. The molecular weight excluding hydrogens is 174 g/mol. The summed E-state index contributed by atoms with van der Waals surface area (Å²) < 4.78 is 0. The summed E-state index contributed by atoms with van der Waals surface area (Å²) in [4.78, 5) is 2.70. The third kappa shape index (κ3) is 8.88. The minimum absolute atomic E-state index is 0.566. The van der Waals surface area contributed by atoms with Gasteiger partial charge in [-0.2, -0.15) is 0 Å². The molecule has 0 amide bonds. The van der Waals surface area contributed by atoms with E-state index in [1.807, 2.05) is 0 Å². The Morgan fingerprint density at radius 3 is 2.50 bits per heavy atom. The van der Waals surface area contributed by atoms with E-state index in [4.69, 9.17) is 5.53 Å². The first-order valence-corrected chi connectivity index (χ1v) is 4.96. The van der Waals surface area contributed by atoms with Gasteiger partial charge in [0.25, 0.3) is 0 Å². The fourth-order valence-electron chi connectivity index (χ4n) is 1.10. The molecule has 0 aliphatic heterocycles. The lowest BCUT2D eigenvalue weighted by atomic mass is 10.1. The van der Waals surface area contributed by atoms with E-state index < -0.39 is 0 Å². The lowest BCUT2D eigenvalue weighted by molar-refractivity contribution is 0.925. The van der Waals surface area contributed by atoms with Crippen molar-refractivity contribution in [2.24, 2.45) is 5.11 Å². The van der Waals surface area contributed by atoms with Crippen molar-refractivity contribution in [3.63, 3.8) is 0 Å². The average molecular weight is 193 g/mol. The van der Waals surface area contributed by atoms with Gasteiger partial charge in [0.15, 0.2) is 0 Å². The Balaban J connectivity index is 3.66. The number of hydrogen-bond donors (Lipinski definition) is 0. The molecular formula is C11H19N3. The summed E-state index contributed by atoms with van der Waals surface area (Å²) in [6.45, 7) is 6.91. The normalized spacial score (nSPS) is 10.6. The smallest absolute Gasteiger partial charge is 0.0292 e. The van der Waals surface area contributed by atoms with Crippen molar-refractivity contribution in [2.45, 2.75) is 40.0 Å². The SMILES string of the molecule is CC(C)=CCC/C(C)=C\CCN=[N+]=[N-]. The van der Waals surface area contributed by atoms with Crippen LogP contribution >= 0.6 is 0 Å². The van der Waals surface area contributed by atoms with Crippen molar-refractivity contribution in [1.82, 2.24) is 0 Å². The van der Waals surface area contributed by atoms with Gasteiger partial charge in [-0.05, 0) is 45.6 Å². The standard InChI is InChI=1S/C11H19N3/c1-10(2)6-4-7-11(3)8-5-9-13-14-12/h6,8H,4-5,7,9H2,1-3H3/b11-8-. The molecule has 0 atom stereocenters. The maximum absolute atomic E-state index is 8.06. The zero-order valence-corrected chi connectivity index (χ0v) is 9.32. The molecule has 0 unspecified atom stereocenters. The van der Waals surface area contributed by atoms with Gasteiger partial charge in [0.2, 0.25) is 0 Å². The first kappa shape index (κ1) is 12.8. The predicted molar refractivity (Wildman–Crippen MR) is 61.1 cm³/mol. The van der Waals surface area contributed by atoms with E-state index >= 15 is 0 Å². The summed E-state index contributed by atoms with van der Waals surface area (Å²) in [5.41, 5.74) is 10.8. The first-order valence-electron chi connectivity index (χ1n) is 4.96. The van der Waals surface area contributed by atoms with Crippen LogP contribution in [0.1, 0.15) is 40.0 Å². The predicted octanol–water partition coefficient (Wildman–Crippen LogP) is 4.38. The summed E-state index contributed by atoms with van der Waals surface area (Å²) in [6.07, 6.45) is 7.44. The molecule has 0 radical (unpaired) electrons. The molecule has 0 fully saturated rings. The fourth-order valence-corrected chi connectivity index (χ4v) is 1.10. The number of hydrogen-bond acceptors (Lipinski definition) is 1. The van der Waals surface area contributed by atoms with Gasteiger partial charge in [-0.3, -0.25) is 0 Å². The van der Waals surface area contributed by atoms with Crippen molar-refractivity contribution in [1.29, 1.82) is 0 Å². The summed E-state index contributed by atoms with van der Waals surface area (Å²) in [6, 6.07) is 0. The van der Waals surface area contributed by atoms with E-state index in [1.54, 1.807) is 0 Å². The Labute approximate surface area is 86.1 Å². The summed E-state index contributed by atoms with van der Waals surface area (Å²) in [5.74, 6) is 0. The molecule has 0 rings (SSSR count). The van der Waals surface area contributed by atoms with Crippen molar-refractivity contribution >= 4 is 0 Å². The van der Waals surface area contributed by atoms with Crippen molar-refractivity contribution in [3.8, 4) is 0 Å². The molecule has 0 heterocycles. The molecule has 78 valence electrons. The van der Waals surface area contributed by atoms with E-state index in [9.17, 15) is 0 Å². The molecule has 0 aromatic carbocycles. The summed E-state index contributed by atoms with van der Waals surface area (Å²) >= 11 is 0. The van der Waals surface area contributed by atoms with E-state index in [2.05, 4.69) is 42.9 Å². The van der Waals surface area contributed by atoms with Crippen LogP contribution in [-0.4, -0.2) is 6.54 Å². The molecule has 0 saturated carbocycles. The second kappa shape index (κ2) is 8.39. The number of azide groups is 1. The van der Waals surface area contributed by atoms with Crippen molar-refractivity contribution in [2.75, 3.05) is 6.54 Å². The van der Waals surface area contributed by atoms with Crippen LogP contribution < -0.4 is 0 Å². The highest BCUT2D eigenvalue weighted by atomic mass is 15.1. The van der Waals surface area contributed by atoms with Gasteiger partial charge in [-0.15, -0.1) is 0 Å². The third-order valence-corrected chi connectivity index (χ3v) is 1.88. The lowest BCUT2D eigenvalue weighted by Crippen LogP contribution is -1.80. The van der Waals surface area contributed by atoms with Gasteiger partial charge in [-0.1, -0.05) is 28.4 Å². The van der Waals surface area contributed by atoms with Crippen LogP contribution in [0.3, 0.4) is 0 Å². The second-order valence-corrected chi connectivity index (χ2v) is 3.61. The van der Waals surface area contributed by atoms with Crippen LogP contribution in [0.15, 0.2) is 28.4 Å². The number of allylic oxidation sites excluding steroid dienone is 3. The second-order valence-electron chi connectivity index (χ2n) is 3.61. The zero-order chi connectivity index (χ0) is 10.8. The molecule has 3 heteroatoms. The van der Waals surface area contributed by atoms with Crippen LogP contribution in [0.5, 0.6) is 0 Å². The van der Waals surface area contributed by atoms with Gasteiger partial charge in [0.05, 0.1) is 0 Å². The Morgan fingerprint density at radius 1 is 1.21 bits per heavy atom. The van der Waals surface area contributed by atoms with E-state index in [1.165, 1.54) is 11.1 Å². The highest BCUT2D eigenvalue weighted by Crippen LogP contribution is 2.07. The average Bonchev–Trinajstić information content (AvgIpc) is 2.12. The lowest BCUT2D eigenvalue weighted by Gasteiger charge is -1.97. The molecule has 0 aliphatic carbocycles. The summed E-state index contributed by atoms with van der Waals surface area (Å²) in [5, 5.41) is 3.48. The minimum Gasteiger partial charge on any atom is -0.0937 e. The molecule has 3 nitrogen and oxygen atoms in total. The largest absolute Gasteiger partial charge is 0.0937 e. The Hall–Kier alpha value is -1.21. The monoisotopic (exact) mass is 193 g/mol. The molecule has 0 N–H and O–H groups in total. The van der Waals surface area contributed by atoms with Gasteiger partial charge in [0, 0.05) is 11.5 Å². The molecule has 14 heavy (non-hydrogen) atoms. The molecule has 0 aliphatic rings. The van der Waals surface area contributed by atoms with Crippen LogP contribution in [0.25, 0.3) is 10.4 Å². The van der Waals surface area contributed by atoms with Gasteiger partial charge in [0.1, 0.15) is 0 Å². The molecule has 0 saturated heterocycles. The van der Waals surface area contributed by atoms with Crippen molar-refractivity contribution < 1.29 is 0 Å². The third-order valence-electron chi connectivity index (χ3n) is 1.88. The maximum Gasteiger partial charge on any atom is 0.0292 e. The Kier molecular flexibility index (Phi) is 7.67. The topological polar surface area (TPSA) is 48.8 Å². The highest BCUT2D eigenvalue weighted by molar-refractivity contribution is 5.02. The number of rotatable bonds is 6. The Bertz CT molecular complexity index is 254. The van der Waals surface area contributed by atoms with Crippen LogP contribution in [0.4, 0.5) is 0 Å². The van der Waals surface area contributed by atoms with E-state index in [0.29, 0.717) is 6.54 Å². The van der Waals surface area contributed by atoms with Crippen LogP contribution in [0, 0.1) is 0 Å². The van der Waals surface area contributed by atoms with Crippen LogP contribution in [0.2, 0.25) is 0 Å². The molecule has 0 aromatic rings. The highest BCUT2D eigenvalue weighted by Gasteiger charge is 1.88. The quantitative estimate of drug-likeness (QED) is 0.198. The maximum atomic E-state index is 8.06. The number of nitrogens with zero attached hydrogens (tertiary/aromatic N) is 3. The zero-order valence-electron chi connectivity index (χ0n) is 9.32. The van der Waals surface area contributed by atoms with E-state index in [0.717, 1.165) is 19.3 Å². The van der Waals surface area contributed by atoms with Crippen molar-refractivity contribution in [3.05, 3.63) is 33.7 Å². The Morgan fingerprint density at radius 2 is 1.93 bits per heavy atom. The first-order chi connectivity index (χ1) is 6.66. The van der Waals surface area contributed by atoms with Gasteiger partial charge in [-0.25, -0.2) is 0 Å².